The van der Waals surface area contributed by atoms with Crippen LogP contribution < -0.4 is 15.4 Å². The van der Waals surface area contributed by atoms with E-state index in [1.54, 1.807) is 0 Å². The second kappa shape index (κ2) is 8.72. The molecule has 1 rings (SSSR count). The summed E-state index contributed by atoms with van der Waals surface area (Å²) in [5, 5.41) is 0. The number of unbranched alkanes of at least 4 members (excludes halogenated alkanes) is 2. The van der Waals surface area contributed by atoms with Gasteiger partial charge >= 0.3 is 0 Å². The van der Waals surface area contributed by atoms with Crippen molar-refractivity contribution in [2.24, 2.45) is 0 Å². The predicted octanol–water partition coefficient (Wildman–Crippen LogP) is 4.46. The quantitative estimate of drug-likeness (QED) is 0.535. The van der Waals surface area contributed by atoms with Crippen molar-refractivity contribution >= 4 is 11.4 Å². The molecule has 0 unspecified atom stereocenters. The molecule has 0 aliphatic rings. The van der Waals surface area contributed by atoms with Crippen LogP contribution in [0.15, 0.2) is 18.2 Å². The molecule has 0 spiro atoms. The molecule has 0 amide bonds. The lowest BCUT2D eigenvalue weighted by molar-refractivity contribution is 0.317. The zero-order chi connectivity index (χ0) is 15.0. The number of nitrogens with zero attached hydrogens (tertiary/aromatic N) is 1. The Morgan fingerprint density at radius 1 is 1.10 bits per heavy atom. The monoisotopic (exact) mass is 278 g/mol. The summed E-state index contributed by atoms with van der Waals surface area (Å²) in [7, 11) is 0. The van der Waals surface area contributed by atoms with Gasteiger partial charge in [0.05, 0.1) is 6.61 Å². The van der Waals surface area contributed by atoms with Crippen molar-refractivity contribution in [3.05, 3.63) is 18.2 Å². The third-order valence-corrected chi connectivity index (χ3v) is 3.34. The topological polar surface area (TPSA) is 38.5 Å². The smallest absolute Gasteiger partial charge is 0.123 e. The molecule has 1 aromatic rings. The number of anilines is 2. The number of hydrogen-bond donors (Lipinski definition) is 1. The van der Waals surface area contributed by atoms with E-state index in [1.165, 1.54) is 24.9 Å². The second-order valence-corrected chi connectivity index (χ2v) is 5.60. The lowest BCUT2D eigenvalue weighted by Crippen LogP contribution is -2.31. The van der Waals surface area contributed by atoms with Gasteiger partial charge < -0.3 is 15.4 Å². The van der Waals surface area contributed by atoms with Gasteiger partial charge in [-0.05, 0) is 32.8 Å². The van der Waals surface area contributed by atoms with Crippen molar-refractivity contribution in [3.63, 3.8) is 0 Å². The molecule has 2 N–H and O–H groups in total. The van der Waals surface area contributed by atoms with E-state index in [0.29, 0.717) is 6.04 Å². The fraction of sp³-hybridized carbons (Fsp3) is 0.647. The van der Waals surface area contributed by atoms with Crippen LogP contribution in [0.4, 0.5) is 11.4 Å². The highest BCUT2D eigenvalue weighted by Gasteiger charge is 2.12. The second-order valence-electron chi connectivity index (χ2n) is 5.60. The fourth-order valence-electron chi connectivity index (χ4n) is 2.29. The van der Waals surface area contributed by atoms with Gasteiger partial charge in [-0.15, -0.1) is 0 Å². The van der Waals surface area contributed by atoms with Crippen LogP contribution in [0.1, 0.15) is 53.4 Å². The van der Waals surface area contributed by atoms with Gasteiger partial charge in [0.2, 0.25) is 0 Å². The number of hydrogen-bond acceptors (Lipinski definition) is 3. The van der Waals surface area contributed by atoms with Crippen LogP contribution in [0, 0.1) is 0 Å². The SMILES string of the molecule is CCCCCN(c1cc(N)cc(OCCC)c1)C(C)C. The van der Waals surface area contributed by atoms with Crippen molar-refractivity contribution in [1.82, 2.24) is 0 Å². The maximum absolute atomic E-state index is 6.02. The summed E-state index contributed by atoms with van der Waals surface area (Å²) in [5.74, 6) is 0.878. The van der Waals surface area contributed by atoms with Crippen LogP contribution >= 0.6 is 0 Å². The van der Waals surface area contributed by atoms with Crippen molar-refractivity contribution in [1.29, 1.82) is 0 Å². The van der Waals surface area contributed by atoms with Crippen LogP contribution in [-0.4, -0.2) is 19.2 Å². The van der Waals surface area contributed by atoms with Crippen LogP contribution in [0.5, 0.6) is 5.75 Å². The van der Waals surface area contributed by atoms with Gasteiger partial charge in [-0.2, -0.15) is 0 Å². The van der Waals surface area contributed by atoms with Crippen molar-refractivity contribution in [2.45, 2.75) is 59.4 Å². The van der Waals surface area contributed by atoms with E-state index in [4.69, 9.17) is 10.5 Å². The zero-order valence-electron chi connectivity index (χ0n) is 13.5. The fourth-order valence-corrected chi connectivity index (χ4v) is 2.29. The number of nitrogen functional groups attached to an aromatic ring is 1. The normalized spacial score (nSPS) is 10.8. The van der Waals surface area contributed by atoms with E-state index in [1.807, 2.05) is 12.1 Å². The molecule has 0 fully saturated rings. The zero-order valence-corrected chi connectivity index (χ0v) is 13.5. The number of rotatable bonds is 9. The van der Waals surface area contributed by atoms with Gasteiger partial charge in [0.1, 0.15) is 5.75 Å². The maximum atomic E-state index is 6.02. The molecule has 0 aromatic heterocycles. The van der Waals surface area contributed by atoms with Gasteiger partial charge in [-0.25, -0.2) is 0 Å². The summed E-state index contributed by atoms with van der Waals surface area (Å²) in [5.41, 5.74) is 7.96. The Bertz CT molecular complexity index is 391. The first-order valence-electron chi connectivity index (χ1n) is 7.88. The Hall–Kier alpha value is -1.38. The summed E-state index contributed by atoms with van der Waals surface area (Å²) in [6.45, 7) is 10.6. The third kappa shape index (κ3) is 5.32. The third-order valence-electron chi connectivity index (χ3n) is 3.34. The first kappa shape index (κ1) is 16.7. The van der Waals surface area contributed by atoms with Gasteiger partial charge in [-0.1, -0.05) is 26.7 Å². The summed E-state index contributed by atoms with van der Waals surface area (Å²) >= 11 is 0. The molecule has 20 heavy (non-hydrogen) atoms. The summed E-state index contributed by atoms with van der Waals surface area (Å²) in [6, 6.07) is 6.53. The van der Waals surface area contributed by atoms with Crippen molar-refractivity contribution in [2.75, 3.05) is 23.8 Å². The summed E-state index contributed by atoms with van der Waals surface area (Å²) in [4.78, 5) is 2.41. The van der Waals surface area contributed by atoms with Crippen LogP contribution in [0.3, 0.4) is 0 Å². The average Bonchev–Trinajstić information content (AvgIpc) is 2.40. The van der Waals surface area contributed by atoms with Crippen LogP contribution in [0.25, 0.3) is 0 Å². The van der Waals surface area contributed by atoms with Crippen LogP contribution in [0.2, 0.25) is 0 Å². The maximum Gasteiger partial charge on any atom is 0.123 e. The van der Waals surface area contributed by atoms with E-state index < -0.39 is 0 Å². The molecule has 0 heterocycles. The Morgan fingerprint density at radius 3 is 2.45 bits per heavy atom. The van der Waals surface area contributed by atoms with E-state index in [-0.39, 0.29) is 0 Å². The highest BCUT2D eigenvalue weighted by atomic mass is 16.5. The molecule has 0 saturated carbocycles. The van der Waals surface area contributed by atoms with Gasteiger partial charge in [-0.3, -0.25) is 0 Å². The number of benzene rings is 1. The van der Waals surface area contributed by atoms with E-state index in [2.05, 4.69) is 38.7 Å². The van der Waals surface area contributed by atoms with Crippen molar-refractivity contribution in [3.8, 4) is 5.75 Å². The van der Waals surface area contributed by atoms with Gasteiger partial charge in [0, 0.05) is 36.1 Å². The molecule has 0 atom stereocenters. The minimum absolute atomic E-state index is 0.465. The standard InChI is InChI=1S/C17H30N2O/c1-5-7-8-9-19(14(3)4)16-11-15(18)12-17(13-16)20-10-6-2/h11-14H,5-10,18H2,1-4H3. The Morgan fingerprint density at radius 2 is 1.85 bits per heavy atom. The largest absolute Gasteiger partial charge is 0.493 e. The van der Waals surface area contributed by atoms with Crippen molar-refractivity contribution < 1.29 is 4.74 Å². The Labute approximate surface area is 124 Å². The molecule has 0 aliphatic heterocycles. The highest BCUT2D eigenvalue weighted by molar-refractivity contribution is 5.61. The van der Waals surface area contributed by atoms with E-state index in [9.17, 15) is 0 Å². The molecule has 0 aliphatic carbocycles. The summed E-state index contributed by atoms with van der Waals surface area (Å²) < 4.78 is 5.73. The molecular weight excluding hydrogens is 248 g/mol. The lowest BCUT2D eigenvalue weighted by Gasteiger charge is -2.29. The van der Waals surface area contributed by atoms with Gasteiger partial charge in [0.25, 0.3) is 0 Å². The summed E-state index contributed by atoms with van der Waals surface area (Å²) in [6.07, 6.45) is 4.74. The number of nitrogens with two attached hydrogens (primary N) is 1. The number of ether oxygens (including phenoxy) is 1. The first-order valence-corrected chi connectivity index (χ1v) is 7.88. The van der Waals surface area contributed by atoms with E-state index >= 15 is 0 Å². The molecular formula is C17H30N2O. The van der Waals surface area contributed by atoms with Gasteiger partial charge in [0.15, 0.2) is 0 Å². The molecule has 1 aromatic carbocycles. The Kier molecular flexibility index (Phi) is 7.27. The van der Waals surface area contributed by atoms with E-state index in [0.717, 1.165) is 31.0 Å². The minimum atomic E-state index is 0.465. The predicted molar refractivity (Wildman–Crippen MR) is 88.6 cm³/mol. The Balaban J connectivity index is 2.85. The highest BCUT2D eigenvalue weighted by Crippen LogP contribution is 2.27. The lowest BCUT2D eigenvalue weighted by atomic mass is 10.1. The minimum Gasteiger partial charge on any atom is -0.493 e. The molecule has 114 valence electrons. The molecule has 3 nitrogen and oxygen atoms in total. The average molecular weight is 278 g/mol. The van der Waals surface area contributed by atoms with Crippen LogP contribution in [-0.2, 0) is 0 Å². The first-order chi connectivity index (χ1) is 9.58. The molecule has 3 heteroatoms. The molecule has 0 saturated heterocycles. The molecule has 0 bridgehead atoms. The molecule has 0 radical (unpaired) electrons.